The van der Waals surface area contributed by atoms with Crippen LogP contribution in [0, 0.1) is 11.6 Å². The summed E-state index contributed by atoms with van der Waals surface area (Å²) in [7, 11) is -4.27. The van der Waals surface area contributed by atoms with Gasteiger partial charge in [-0.25, -0.2) is 22.0 Å². The number of halogens is 5. The minimum atomic E-state index is -4.27. The Morgan fingerprint density at radius 1 is 0.912 bits per heavy atom. The monoisotopic (exact) mass is 548 g/mol. The van der Waals surface area contributed by atoms with Gasteiger partial charge in [0.25, 0.3) is 15.9 Å². The molecule has 3 rings (SSSR count). The largest absolute Gasteiger partial charge is 0.452 e. The first-order valence-corrected chi connectivity index (χ1v) is 11.8. The maximum Gasteiger partial charge on any atom is 0.338 e. The van der Waals surface area contributed by atoms with Gasteiger partial charge in [0.1, 0.15) is 0 Å². The predicted molar refractivity (Wildman–Crippen MR) is 124 cm³/mol. The van der Waals surface area contributed by atoms with Gasteiger partial charge in [0.05, 0.1) is 26.2 Å². The molecule has 0 radical (unpaired) electrons. The standard InChI is InChI=1S/C21H13Cl3F2N2O5S/c22-12-7-15(23)20(16(24)8-12)27-19(29)10-33-21(30)11-2-1-3-13(6-11)28-34(31,32)14-4-5-17(25)18(26)9-14/h1-9,28H,10H2,(H,27,29). The smallest absolute Gasteiger partial charge is 0.338 e. The van der Waals surface area contributed by atoms with Crippen LogP contribution in [0.25, 0.3) is 0 Å². The van der Waals surface area contributed by atoms with E-state index in [1.54, 1.807) is 0 Å². The van der Waals surface area contributed by atoms with Crippen LogP contribution in [0.2, 0.25) is 15.1 Å². The molecule has 0 saturated heterocycles. The third-order valence-corrected chi connectivity index (χ3v) is 6.35. The van der Waals surface area contributed by atoms with E-state index in [4.69, 9.17) is 39.5 Å². The molecule has 0 spiro atoms. The fourth-order valence-electron chi connectivity index (χ4n) is 2.62. The molecule has 178 valence electrons. The van der Waals surface area contributed by atoms with E-state index in [2.05, 4.69) is 10.0 Å². The Balaban J connectivity index is 1.65. The van der Waals surface area contributed by atoms with Crippen molar-refractivity contribution >= 4 is 68.1 Å². The Labute approximate surface area is 207 Å². The van der Waals surface area contributed by atoms with Crippen molar-refractivity contribution in [2.75, 3.05) is 16.6 Å². The number of carbonyl (C=O) groups is 2. The molecule has 0 aliphatic rings. The highest BCUT2D eigenvalue weighted by molar-refractivity contribution is 7.92. The van der Waals surface area contributed by atoms with Gasteiger partial charge in [-0.05, 0) is 48.5 Å². The Morgan fingerprint density at radius 3 is 2.24 bits per heavy atom. The van der Waals surface area contributed by atoms with E-state index in [9.17, 15) is 26.8 Å². The van der Waals surface area contributed by atoms with E-state index < -0.39 is 45.0 Å². The zero-order valence-electron chi connectivity index (χ0n) is 16.7. The van der Waals surface area contributed by atoms with Crippen molar-refractivity contribution in [2.45, 2.75) is 4.90 Å². The zero-order chi connectivity index (χ0) is 25.0. The predicted octanol–water partition coefficient (Wildman–Crippen LogP) is 5.52. The number of nitrogens with one attached hydrogen (secondary N) is 2. The summed E-state index contributed by atoms with van der Waals surface area (Å²) in [5.41, 5.74) is -0.0494. The van der Waals surface area contributed by atoms with Crippen molar-refractivity contribution in [3.05, 3.63) is 86.9 Å². The topological polar surface area (TPSA) is 102 Å². The van der Waals surface area contributed by atoms with Crippen LogP contribution in [-0.2, 0) is 19.6 Å². The number of carbonyl (C=O) groups excluding carboxylic acids is 2. The number of rotatable bonds is 7. The molecule has 0 heterocycles. The van der Waals surface area contributed by atoms with Gasteiger partial charge in [-0.1, -0.05) is 40.9 Å². The van der Waals surface area contributed by atoms with Crippen LogP contribution < -0.4 is 10.0 Å². The highest BCUT2D eigenvalue weighted by Crippen LogP contribution is 2.33. The molecule has 0 aromatic heterocycles. The second-order valence-electron chi connectivity index (χ2n) is 6.63. The SMILES string of the molecule is O=C(COC(=O)c1cccc(NS(=O)(=O)c2ccc(F)c(F)c2)c1)Nc1c(Cl)cc(Cl)cc1Cl. The Bertz CT molecular complexity index is 1360. The summed E-state index contributed by atoms with van der Waals surface area (Å²) in [4.78, 5) is 23.9. The fourth-order valence-corrected chi connectivity index (χ4v) is 4.59. The van der Waals surface area contributed by atoms with E-state index >= 15 is 0 Å². The average Bonchev–Trinajstić information content (AvgIpc) is 2.76. The van der Waals surface area contributed by atoms with E-state index in [0.29, 0.717) is 12.1 Å². The first-order valence-electron chi connectivity index (χ1n) is 9.16. The molecule has 2 N–H and O–H groups in total. The summed E-state index contributed by atoms with van der Waals surface area (Å²) in [5.74, 6) is -4.21. The lowest BCUT2D eigenvalue weighted by Gasteiger charge is -2.11. The van der Waals surface area contributed by atoms with Gasteiger partial charge in [-0.3, -0.25) is 9.52 Å². The Hall–Kier alpha value is -2.92. The first kappa shape index (κ1) is 25.7. The average molecular weight is 550 g/mol. The number of hydrogen-bond donors (Lipinski definition) is 2. The van der Waals surface area contributed by atoms with E-state index in [0.717, 1.165) is 12.1 Å². The third kappa shape index (κ3) is 6.35. The molecule has 0 unspecified atom stereocenters. The molecule has 0 aliphatic heterocycles. The molecule has 3 aromatic carbocycles. The van der Waals surface area contributed by atoms with Crippen LogP contribution >= 0.6 is 34.8 Å². The quantitative estimate of drug-likeness (QED) is 0.378. The van der Waals surface area contributed by atoms with Crippen LogP contribution in [-0.4, -0.2) is 26.9 Å². The van der Waals surface area contributed by atoms with Gasteiger partial charge in [0.2, 0.25) is 0 Å². The van der Waals surface area contributed by atoms with Gasteiger partial charge in [0, 0.05) is 10.7 Å². The number of sulfonamides is 1. The minimum absolute atomic E-state index is 0.0524. The highest BCUT2D eigenvalue weighted by Gasteiger charge is 2.18. The number of benzene rings is 3. The molecule has 0 fully saturated rings. The second-order valence-corrected chi connectivity index (χ2v) is 9.56. The molecule has 1 amide bonds. The normalized spacial score (nSPS) is 11.1. The fraction of sp³-hybridized carbons (Fsp3) is 0.0476. The lowest BCUT2D eigenvalue weighted by atomic mass is 10.2. The number of hydrogen-bond acceptors (Lipinski definition) is 5. The van der Waals surface area contributed by atoms with Crippen molar-refractivity contribution in [3.63, 3.8) is 0 Å². The number of amides is 1. The van der Waals surface area contributed by atoms with Gasteiger partial charge in [-0.2, -0.15) is 0 Å². The summed E-state index contributed by atoms with van der Waals surface area (Å²) in [5, 5.41) is 2.82. The van der Waals surface area contributed by atoms with E-state index in [1.165, 1.54) is 30.3 Å². The third-order valence-electron chi connectivity index (χ3n) is 4.16. The summed E-state index contributed by atoms with van der Waals surface area (Å²) >= 11 is 17.8. The van der Waals surface area contributed by atoms with Crippen molar-refractivity contribution in [2.24, 2.45) is 0 Å². The van der Waals surface area contributed by atoms with Crippen molar-refractivity contribution in [1.82, 2.24) is 0 Å². The molecule has 0 aliphatic carbocycles. The zero-order valence-corrected chi connectivity index (χ0v) is 19.8. The maximum atomic E-state index is 13.4. The molecule has 3 aromatic rings. The van der Waals surface area contributed by atoms with Crippen LogP contribution in [0.15, 0.2) is 59.5 Å². The van der Waals surface area contributed by atoms with Crippen molar-refractivity contribution in [3.8, 4) is 0 Å². The number of ether oxygens (including phenoxy) is 1. The van der Waals surface area contributed by atoms with E-state index in [-0.39, 0.29) is 32.0 Å². The van der Waals surface area contributed by atoms with Crippen molar-refractivity contribution < 1.29 is 31.5 Å². The Kier molecular flexibility index (Phi) is 7.98. The van der Waals surface area contributed by atoms with Gasteiger partial charge >= 0.3 is 5.97 Å². The summed E-state index contributed by atoms with van der Waals surface area (Å²) in [6, 6.07) is 9.95. The maximum absolute atomic E-state index is 13.4. The van der Waals surface area contributed by atoms with Gasteiger partial charge < -0.3 is 10.1 Å². The first-order chi connectivity index (χ1) is 16.0. The minimum Gasteiger partial charge on any atom is -0.452 e. The van der Waals surface area contributed by atoms with Crippen molar-refractivity contribution in [1.29, 1.82) is 0 Å². The van der Waals surface area contributed by atoms with Crippen LogP contribution in [0.3, 0.4) is 0 Å². The molecule has 0 saturated carbocycles. The molecule has 34 heavy (non-hydrogen) atoms. The second kappa shape index (κ2) is 10.6. The van der Waals surface area contributed by atoms with Gasteiger partial charge in [-0.15, -0.1) is 0 Å². The molecule has 0 bridgehead atoms. The number of anilines is 2. The summed E-state index contributed by atoms with van der Waals surface area (Å²) in [6.45, 7) is -0.696. The molecular weight excluding hydrogens is 537 g/mol. The van der Waals surface area contributed by atoms with Gasteiger partial charge in [0.15, 0.2) is 18.2 Å². The van der Waals surface area contributed by atoms with Crippen LogP contribution in [0.1, 0.15) is 10.4 Å². The Morgan fingerprint density at radius 2 is 1.59 bits per heavy atom. The van der Waals surface area contributed by atoms with Crippen LogP contribution in [0.5, 0.6) is 0 Å². The summed E-state index contributed by atoms with van der Waals surface area (Å²) < 4.78 is 58.4. The lowest BCUT2D eigenvalue weighted by molar-refractivity contribution is -0.119. The molecule has 0 atom stereocenters. The van der Waals surface area contributed by atoms with Crippen LogP contribution in [0.4, 0.5) is 20.2 Å². The van der Waals surface area contributed by atoms with E-state index in [1.807, 2.05) is 0 Å². The molecule has 7 nitrogen and oxygen atoms in total. The molecular formula is C21H13Cl3F2N2O5S. The highest BCUT2D eigenvalue weighted by atomic mass is 35.5. The summed E-state index contributed by atoms with van der Waals surface area (Å²) in [6.07, 6.45) is 0. The number of esters is 1. The molecule has 13 heteroatoms. The lowest BCUT2D eigenvalue weighted by Crippen LogP contribution is -2.21.